The van der Waals surface area contributed by atoms with Crippen molar-refractivity contribution in [2.24, 2.45) is 17.6 Å². The standard InChI is InChI=1S/C14H30N2/c1-12(2)8-9-14(3,11-15)16-10-4-5-13-6-7-13/h12-13,16H,4-11,15H2,1-3H3. The molecule has 0 aliphatic heterocycles. The van der Waals surface area contributed by atoms with Crippen LogP contribution in [0.4, 0.5) is 0 Å². The van der Waals surface area contributed by atoms with Crippen LogP contribution in [0.15, 0.2) is 0 Å². The Hall–Kier alpha value is -0.0800. The molecule has 1 unspecified atom stereocenters. The van der Waals surface area contributed by atoms with E-state index < -0.39 is 0 Å². The zero-order valence-electron chi connectivity index (χ0n) is 11.4. The van der Waals surface area contributed by atoms with Crippen molar-refractivity contribution in [3.05, 3.63) is 0 Å². The number of rotatable bonds is 9. The maximum Gasteiger partial charge on any atom is 0.0275 e. The van der Waals surface area contributed by atoms with Crippen LogP contribution in [-0.4, -0.2) is 18.6 Å². The molecule has 0 aromatic heterocycles. The molecule has 0 radical (unpaired) electrons. The number of nitrogens with one attached hydrogen (secondary N) is 1. The van der Waals surface area contributed by atoms with Crippen molar-refractivity contribution in [2.75, 3.05) is 13.1 Å². The van der Waals surface area contributed by atoms with Crippen LogP contribution < -0.4 is 11.1 Å². The van der Waals surface area contributed by atoms with Crippen molar-refractivity contribution in [1.29, 1.82) is 0 Å². The molecule has 1 rings (SSSR count). The predicted molar refractivity (Wildman–Crippen MR) is 71.5 cm³/mol. The topological polar surface area (TPSA) is 38.0 Å². The van der Waals surface area contributed by atoms with Gasteiger partial charge in [-0.1, -0.05) is 26.7 Å². The van der Waals surface area contributed by atoms with Crippen molar-refractivity contribution < 1.29 is 0 Å². The normalized spacial score (nSPS) is 20.1. The van der Waals surface area contributed by atoms with Crippen LogP contribution >= 0.6 is 0 Å². The zero-order valence-corrected chi connectivity index (χ0v) is 11.4. The predicted octanol–water partition coefficient (Wildman–Crippen LogP) is 2.92. The molecule has 1 fully saturated rings. The summed E-state index contributed by atoms with van der Waals surface area (Å²) >= 11 is 0. The lowest BCUT2D eigenvalue weighted by atomic mass is 9.92. The first-order valence-electron chi connectivity index (χ1n) is 7.01. The first kappa shape index (κ1) is 14.0. The monoisotopic (exact) mass is 226 g/mol. The molecule has 1 aliphatic carbocycles. The Bertz CT molecular complexity index is 187. The summed E-state index contributed by atoms with van der Waals surface area (Å²) in [4.78, 5) is 0. The molecule has 2 heteroatoms. The second-order valence-corrected chi connectivity index (χ2v) is 6.21. The van der Waals surface area contributed by atoms with Gasteiger partial charge in [-0.2, -0.15) is 0 Å². The molecule has 16 heavy (non-hydrogen) atoms. The highest BCUT2D eigenvalue weighted by molar-refractivity contribution is 4.84. The van der Waals surface area contributed by atoms with Gasteiger partial charge in [0.15, 0.2) is 0 Å². The highest BCUT2D eigenvalue weighted by Crippen LogP contribution is 2.33. The summed E-state index contributed by atoms with van der Waals surface area (Å²) in [7, 11) is 0. The summed E-state index contributed by atoms with van der Waals surface area (Å²) in [6.07, 6.45) is 8.15. The first-order valence-corrected chi connectivity index (χ1v) is 7.01. The molecule has 3 N–H and O–H groups in total. The second-order valence-electron chi connectivity index (χ2n) is 6.21. The van der Waals surface area contributed by atoms with Crippen molar-refractivity contribution in [3.63, 3.8) is 0 Å². The first-order chi connectivity index (χ1) is 7.56. The minimum atomic E-state index is 0.161. The molecular weight excluding hydrogens is 196 g/mol. The van der Waals surface area contributed by atoms with Gasteiger partial charge in [0.25, 0.3) is 0 Å². The quantitative estimate of drug-likeness (QED) is 0.593. The molecule has 0 aromatic carbocycles. The van der Waals surface area contributed by atoms with Gasteiger partial charge in [-0.15, -0.1) is 0 Å². The molecule has 0 heterocycles. The SMILES string of the molecule is CC(C)CCC(C)(CN)NCCCC1CC1. The number of hydrogen-bond donors (Lipinski definition) is 2. The maximum absolute atomic E-state index is 5.89. The summed E-state index contributed by atoms with van der Waals surface area (Å²) < 4.78 is 0. The Morgan fingerprint density at radius 2 is 2.06 bits per heavy atom. The van der Waals surface area contributed by atoms with E-state index in [1.165, 1.54) is 38.5 Å². The molecule has 2 nitrogen and oxygen atoms in total. The van der Waals surface area contributed by atoms with Gasteiger partial charge in [-0.3, -0.25) is 0 Å². The van der Waals surface area contributed by atoms with E-state index in [1.54, 1.807) is 0 Å². The van der Waals surface area contributed by atoms with Gasteiger partial charge in [0.05, 0.1) is 0 Å². The molecule has 0 aromatic rings. The van der Waals surface area contributed by atoms with E-state index in [-0.39, 0.29) is 5.54 Å². The Kier molecular flexibility index (Phi) is 5.77. The lowest BCUT2D eigenvalue weighted by molar-refractivity contribution is 0.310. The van der Waals surface area contributed by atoms with Crippen LogP contribution in [0.1, 0.15) is 59.3 Å². The van der Waals surface area contributed by atoms with Crippen LogP contribution in [0.2, 0.25) is 0 Å². The van der Waals surface area contributed by atoms with Gasteiger partial charge in [0, 0.05) is 12.1 Å². The van der Waals surface area contributed by atoms with Crippen molar-refractivity contribution >= 4 is 0 Å². The smallest absolute Gasteiger partial charge is 0.0275 e. The van der Waals surface area contributed by atoms with E-state index >= 15 is 0 Å². The summed E-state index contributed by atoms with van der Waals surface area (Å²) in [5.74, 6) is 1.83. The molecule has 96 valence electrons. The van der Waals surface area contributed by atoms with E-state index in [0.29, 0.717) is 0 Å². The van der Waals surface area contributed by atoms with Gasteiger partial charge in [0.2, 0.25) is 0 Å². The molecule has 0 amide bonds. The van der Waals surface area contributed by atoms with Crippen molar-refractivity contribution in [2.45, 2.75) is 64.8 Å². The van der Waals surface area contributed by atoms with Gasteiger partial charge in [-0.05, 0) is 51.0 Å². The van der Waals surface area contributed by atoms with Gasteiger partial charge >= 0.3 is 0 Å². The highest BCUT2D eigenvalue weighted by atomic mass is 15.0. The summed E-state index contributed by atoms with van der Waals surface area (Å²) in [6.45, 7) is 8.73. The second kappa shape index (κ2) is 6.61. The fourth-order valence-electron chi connectivity index (χ4n) is 2.06. The average molecular weight is 226 g/mol. The molecule has 1 saturated carbocycles. The lowest BCUT2D eigenvalue weighted by Gasteiger charge is -2.30. The van der Waals surface area contributed by atoms with Crippen LogP contribution in [0.5, 0.6) is 0 Å². The fourth-order valence-corrected chi connectivity index (χ4v) is 2.06. The molecule has 1 atom stereocenters. The molecule has 1 aliphatic rings. The van der Waals surface area contributed by atoms with E-state index in [9.17, 15) is 0 Å². The van der Waals surface area contributed by atoms with Crippen LogP contribution in [0.25, 0.3) is 0 Å². The minimum Gasteiger partial charge on any atom is -0.329 e. The molecule has 0 spiro atoms. The Morgan fingerprint density at radius 1 is 1.38 bits per heavy atom. The summed E-state index contributed by atoms with van der Waals surface area (Å²) in [6, 6.07) is 0. The Labute approximate surface area is 101 Å². The van der Waals surface area contributed by atoms with Gasteiger partial charge in [0.1, 0.15) is 0 Å². The van der Waals surface area contributed by atoms with E-state index in [4.69, 9.17) is 5.73 Å². The number of hydrogen-bond acceptors (Lipinski definition) is 2. The molecular formula is C14H30N2. The lowest BCUT2D eigenvalue weighted by Crippen LogP contribution is -2.49. The van der Waals surface area contributed by atoms with E-state index in [0.717, 1.165) is 24.9 Å². The van der Waals surface area contributed by atoms with E-state index in [1.807, 2.05) is 0 Å². The Morgan fingerprint density at radius 3 is 2.56 bits per heavy atom. The van der Waals surface area contributed by atoms with Crippen LogP contribution in [0, 0.1) is 11.8 Å². The third-order valence-electron chi connectivity index (χ3n) is 3.76. The largest absolute Gasteiger partial charge is 0.329 e. The average Bonchev–Trinajstić information content (AvgIpc) is 3.05. The zero-order chi connectivity index (χ0) is 12.0. The van der Waals surface area contributed by atoms with E-state index in [2.05, 4.69) is 26.1 Å². The van der Waals surface area contributed by atoms with Gasteiger partial charge < -0.3 is 11.1 Å². The third-order valence-corrected chi connectivity index (χ3v) is 3.76. The molecule has 0 saturated heterocycles. The van der Waals surface area contributed by atoms with Gasteiger partial charge in [-0.25, -0.2) is 0 Å². The van der Waals surface area contributed by atoms with Crippen molar-refractivity contribution in [1.82, 2.24) is 5.32 Å². The van der Waals surface area contributed by atoms with Crippen molar-refractivity contribution in [3.8, 4) is 0 Å². The Balaban J connectivity index is 2.11. The maximum atomic E-state index is 5.89. The fraction of sp³-hybridized carbons (Fsp3) is 1.00. The minimum absolute atomic E-state index is 0.161. The van der Waals surface area contributed by atoms with Crippen LogP contribution in [0.3, 0.4) is 0 Å². The third kappa shape index (κ3) is 5.86. The van der Waals surface area contributed by atoms with Crippen LogP contribution in [-0.2, 0) is 0 Å². The highest BCUT2D eigenvalue weighted by Gasteiger charge is 2.23. The molecule has 0 bridgehead atoms. The summed E-state index contributed by atoms with van der Waals surface area (Å²) in [5, 5.41) is 3.66. The number of nitrogens with two attached hydrogens (primary N) is 1. The summed E-state index contributed by atoms with van der Waals surface area (Å²) in [5.41, 5.74) is 6.05.